The highest BCUT2D eigenvalue weighted by Gasteiger charge is 2.40. The van der Waals surface area contributed by atoms with Crippen molar-refractivity contribution >= 4 is 8.32 Å². The molecule has 0 aliphatic carbocycles. The second kappa shape index (κ2) is 8.10. The largest absolute Gasteiger partial charge is 0.409 e. The van der Waals surface area contributed by atoms with Gasteiger partial charge in [-0.3, -0.25) is 0 Å². The summed E-state index contributed by atoms with van der Waals surface area (Å²) in [5, 5.41) is 28.4. The van der Waals surface area contributed by atoms with E-state index < -0.39 is 20.5 Å². The van der Waals surface area contributed by atoms with Gasteiger partial charge >= 0.3 is 0 Å². The standard InChI is InChI=1S/C15H30O4Si/c1-12(10-16)8-7-9-13(18)14(11-17)19-20(5,6)15(2,3)4/h7-9,13-14,16-18H,10-11H2,1-6H3/b9-7-,12-8+/t13-,14-/m1/s1. The fourth-order valence-electron chi connectivity index (χ4n) is 1.28. The van der Waals surface area contributed by atoms with E-state index in [-0.39, 0.29) is 18.3 Å². The predicted molar refractivity (Wildman–Crippen MR) is 85.1 cm³/mol. The smallest absolute Gasteiger partial charge is 0.192 e. The van der Waals surface area contributed by atoms with Gasteiger partial charge in [-0.2, -0.15) is 0 Å². The third kappa shape index (κ3) is 6.32. The van der Waals surface area contributed by atoms with E-state index in [1.54, 1.807) is 25.2 Å². The van der Waals surface area contributed by atoms with E-state index in [0.717, 1.165) is 5.57 Å². The van der Waals surface area contributed by atoms with E-state index in [0.29, 0.717) is 0 Å². The van der Waals surface area contributed by atoms with E-state index in [2.05, 4.69) is 33.9 Å². The lowest BCUT2D eigenvalue weighted by atomic mass is 10.2. The third-order valence-corrected chi connectivity index (χ3v) is 8.26. The monoisotopic (exact) mass is 302 g/mol. The second-order valence-electron chi connectivity index (χ2n) is 6.65. The van der Waals surface area contributed by atoms with E-state index in [4.69, 9.17) is 9.53 Å². The summed E-state index contributed by atoms with van der Waals surface area (Å²) in [6.45, 7) is 12.1. The first-order valence-electron chi connectivity index (χ1n) is 6.96. The Hall–Kier alpha value is -0.463. The molecule has 2 atom stereocenters. The normalized spacial score (nSPS) is 17.6. The first-order valence-corrected chi connectivity index (χ1v) is 9.87. The minimum absolute atomic E-state index is 0.00959. The fraction of sp³-hybridized carbons (Fsp3) is 0.733. The van der Waals surface area contributed by atoms with Gasteiger partial charge in [0.15, 0.2) is 8.32 Å². The Bertz CT molecular complexity index is 342. The number of allylic oxidation sites excluding steroid dienone is 2. The van der Waals surface area contributed by atoms with Gasteiger partial charge in [0.25, 0.3) is 0 Å². The van der Waals surface area contributed by atoms with Crippen molar-refractivity contribution < 1.29 is 19.7 Å². The van der Waals surface area contributed by atoms with Crippen LogP contribution in [-0.2, 0) is 4.43 Å². The van der Waals surface area contributed by atoms with Gasteiger partial charge in [-0.25, -0.2) is 0 Å². The Morgan fingerprint density at radius 3 is 2.20 bits per heavy atom. The average Bonchev–Trinajstić information content (AvgIpc) is 2.33. The maximum atomic E-state index is 10.1. The summed E-state index contributed by atoms with van der Waals surface area (Å²) < 4.78 is 6.01. The van der Waals surface area contributed by atoms with E-state index in [9.17, 15) is 10.2 Å². The minimum atomic E-state index is -2.03. The van der Waals surface area contributed by atoms with Crippen LogP contribution in [0.3, 0.4) is 0 Å². The maximum Gasteiger partial charge on any atom is 0.192 e. The van der Waals surface area contributed by atoms with E-state index >= 15 is 0 Å². The molecule has 0 radical (unpaired) electrons. The molecule has 0 aromatic rings. The first-order chi connectivity index (χ1) is 9.05. The highest BCUT2D eigenvalue weighted by Crippen LogP contribution is 2.37. The van der Waals surface area contributed by atoms with Crippen molar-refractivity contribution in [3.63, 3.8) is 0 Å². The molecule has 0 bridgehead atoms. The number of aliphatic hydroxyl groups is 3. The Labute approximate surface area is 123 Å². The van der Waals surface area contributed by atoms with Crippen molar-refractivity contribution in [1.82, 2.24) is 0 Å². The summed E-state index contributed by atoms with van der Waals surface area (Å²) in [5.74, 6) is 0. The van der Waals surface area contributed by atoms with Crippen LogP contribution in [0.25, 0.3) is 0 Å². The predicted octanol–water partition coefficient (Wildman–Crippen LogP) is 2.22. The quantitative estimate of drug-likeness (QED) is 0.498. The third-order valence-electron chi connectivity index (χ3n) is 3.75. The van der Waals surface area contributed by atoms with Crippen molar-refractivity contribution in [3.8, 4) is 0 Å². The van der Waals surface area contributed by atoms with Crippen molar-refractivity contribution in [2.75, 3.05) is 13.2 Å². The van der Waals surface area contributed by atoms with Crippen LogP contribution in [0.2, 0.25) is 18.1 Å². The Balaban J connectivity index is 4.77. The highest BCUT2D eigenvalue weighted by atomic mass is 28.4. The highest BCUT2D eigenvalue weighted by molar-refractivity contribution is 6.74. The Kier molecular flexibility index (Phi) is 7.91. The molecule has 0 spiro atoms. The van der Waals surface area contributed by atoms with Crippen LogP contribution in [0.4, 0.5) is 0 Å². The zero-order valence-corrected chi connectivity index (χ0v) is 14.6. The summed E-state index contributed by atoms with van der Waals surface area (Å²) in [6, 6.07) is 0. The van der Waals surface area contributed by atoms with Gasteiger partial charge in [0, 0.05) is 0 Å². The molecule has 0 rings (SSSR count). The lowest BCUT2D eigenvalue weighted by Crippen LogP contribution is -2.48. The molecule has 0 aliphatic heterocycles. The zero-order chi connectivity index (χ0) is 16.0. The maximum absolute atomic E-state index is 10.1. The number of hydrogen-bond acceptors (Lipinski definition) is 4. The number of aliphatic hydroxyl groups excluding tert-OH is 3. The molecule has 0 aliphatic rings. The van der Waals surface area contributed by atoms with Gasteiger partial charge in [-0.15, -0.1) is 0 Å². The SMILES string of the molecule is C/C(=C\C=C/[C@@H](O)[C@@H](CO)O[Si](C)(C)C(C)(C)C)CO. The van der Waals surface area contributed by atoms with Crippen LogP contribution < -0.4 is 0 Å². The molecule has 118 valence electrons. The molecule has 4 nitrogen and oxygen atoms in total. The molecule has 0 aromatic carbocycles. The minimum Gasteiger partial charge on any atom is -0.409 e. The molecule has 0 amide bonds. The summed E-state index contributed by atoms with van der Waals surface area (Å²) in [7, 11) is -2.03. The summed E-state index contributed by atoms with van der Waals surface area (Å²) in [4.78, 5) is 0. The van der Waals surface area contributed by atoms with Crippen molar-refractivity contribution in [3.05, 3.63) is 23.8 Å². The molecule has 0 aromatic heterocycles. The molecule has 5 heteroatoms. The van der Waals surface area contributed by atoms with Gasteiger partial charge in [0.2, 0.25) is 0 Å². The molecule has 3 N–H and O–H groups in total. The van der Waals surface area contributed by atoms with Gasteiger partial charge in [-0.1, -0.05) is 39.0 Å². The number of hydrogen-bond donors (Lipinski definition) is 3. The van der Waals surface area contributed by atoms with Crippen LogP contribution in [-0.4, -0.2) is 49.1 Å². The molecular weight excluding hydrogens is 272 g/mol. The molecule has 0 saturated heterocycles. The van der Waals surface area contributed by atoms with Gasteiger partial charge in [0.1, 0.15) is 0 Å². The summed E-state index contributed by atoms with van der Waals surface area (Å²) in [6.07, 6.45) is 3.50. The topological polar surface area (TPSA) is 69.9 Å². The second-order valence-corrected chi connectivity index (χ2v) is 11.4. The molecule has 20 heavy (non-hydrogen) atoms. The fourth-order valence-corrected chi connectivity index (χ4v) is 2.60. The molecule has 0 saturated carbocycles. The lowest BCUT2D eigenvalue weighted by Gasteiger charge is -2.39. The molecule has 0 unspecified atom stereocenters. The Morgan fingerprint density at radius 2 is 1.80 bits per heavy atom. The van der Waals surface area contributed by atoms with E-state index in [1.165, 1.54) is 0 Å². The van der Waals surface area contributed by atoms with Gasteiger partial charge < -0.3 is 19.7 Å². The molecule has 0 heterocycles. The van der Waals surface area contributed by atoms with Gasteiger partial charge in [0.05, 0.1) is 25.4 Å². The Morgan fingerprint density at radius 1 is 1.25 bits per heavy atom. The molecule has 0 fully saturated rings. The summed E-state index contributed by atoms with van der Waals surface area (Å²) in [5.41, 5.74) is 0.805. The van der Waals surface area contributed by atoms with Crippen LogP contribution in [0.5, 0.6) is 0 Å². The first kappa shape index (κ1) is 19.5. The van der Waals surface area contributed by atoms with Crippen molar-refractivity contribution in [2.45, 2.75) is 58.0 Å². The summed E-state index contributed by atoms with van der Waals surface area (Å²) >= 11 is 0. The van der Waals surface area contributed by atoms with Crippen LogP contribution in [0, 0.1) is 0 Å². The molecular formula is C15H30O4Si. The average molecular weight is 302 g/mol. The van der Waals surface area contributed by atoms with Gasteiger partial charge in [-0.05, 0) is 30.6 Å². The van der Waals surface area contributed by atoms with E-state index in [1.807, 2.05) is 0 Å². The van der Waals surface area contributed by atoms with Crippen LogP contribution in [0.15, 0.2) is 23.8 Å². The van der Waals surface area contributed by atoms with Crippen LogP contribution in [0.1, 0.15) is 27.7 Å². The lowest BCUT2D eigenvalue weighted by molar-refractivity contribution is 0.0175. The number of rotatable bonds is 7. The van der Waals surface area contributed by atoms with Crippen molar-refractivity contribution in [1.29, 1.82) is 0 Å². The van der Waals surface area contributed by atoms with Crippen LogP contribution >= 0.6 is 0 Å². The van der Waals surface area contributed by atoms with Crippen molar-refractivity contribution in [2.24, 2.45) is 0 Å². The zero-order valence-electron chi connectivity index (χ0n) is 13.6.